The molecule has 0 bridgehead atoms. The predicted molar refractivity (Wildman–Crippen MR) is 135 cm³/mol. The Bertz CT molecular complexity index is 367. The molecule has 31 heavy (non-hydrogen) atoms. The number of aliphatic hydroxyl groups excluding tert-OH is 1. The third-order valence-corrected chi connectivity index (χ3v) is 6.64. The Hall–Kier alpha value is -0.570. The summed E-state index contributed by atoms with van der Waals surface area (Å²) in [5, 5.41) is 18.2. The lowest BCUT2D eigenvalue weighted by molar-refractivity contribution is -0.142. The number of hydrogen-bond donors (Lipinski definition) is 2. The summed E-state index contributed by atoms with van der Waals surface area (Å²) in [6.07, 6.45) is 27.1. The van der Waals surface area contributed by atoms with E-state index in [4.69, 9.17) is 5.11 Å². The van der Waals surface area contributed by atoms with Crippen molar-refractivity contribution < 1.29 is 15.0 Å². The van der Waals surface area contributed by atoms with E-state index in [1.165, 1.54) is 109 Å². The first kappa shape index (κ1) is 30.4. The third-order valence-electron chi connectivity index (χ3n) is 6.64. The second-order valence-electron chi connectivity index (χ2n) is 10.2. The fourth-order valence-corrected chi connectivity index (χ4v) is 4.49. The maximum atomic E-state index is 11.5. The van der Waals surface area contributed by atoms with Gasteiger partial charge in [-0.3, -0.25) is 4.79 Å². The van der Waals surface area contributed by atoms with Gasteiger partial charge in [0.2, 0.25) is 0 Å². The molecule has 186 valence electrons. The largest absolute Gasteiger partial charge is 0.481 e. The zero-order valence-corrected chi connectivity index (χ0v) is 21.2. The lowest BCUT2D eigenvalue weighted by Gasteiger charge is -2.12. The average molecular weight is 441 g/mol. The molecule has 0 aliphatic rings. The highest BCUT2D eigenvalue weighted by Gasteiger charge is 2.16. The second-order valence-corrected chi connectivity index (χ2v) is 10.2. The molecule has 0 fully saturated rings. The third kappa shape index (κ3) is 23.9. The summed E-state index contributed by atoms with van der Waals surface area (Å²) >= 11 is 0. The molecular weight excluding hydrogens is 384 g/mol. The number of hydrogen-bond acceptors (Lipinski definition) is 2. The Morgan fingerprint density at radius 1 is 0.516 bits per heavy atom. The molecule has 0 aliphatic heterocycles. The highest BCUT2D eigenvalue weighted by Crippen LogP contribution is 2.20. The first-order chi connectivity index (χ1) is 15.1. The molecule has 0 saturated heterocycles. The van der Waals surface area contributed by atoms with Gasteiger partial charge in [-0.25, -0.2) is 0 Å². The minimum atomic E-state index is -0.576. The number of aliphatic hydroxyl groups is 1. The van der Waals surface area contributed by atoms with Crippen LogP contribution in [0.2, 0.25) is 0 Å². The van der Waals surface area contributed by atoms with Crippen molar-refractivity contribution in [1.82, 2.24) is 0 Å². The van der Waals surface area contributed by atoms with E-state index in [9.17, 15) is 9.90 Å². The molecule has 0 aromatic heterocycles. The van der Waals surface area contributed by atoms with Crippen molar-refractivity contribution in [1.29, 1.82) is 0 Å². The van der Waals surface area contributed by atoms with Gasteiger partial charge in [0.05, 0.1) is 5.92 Å². The van der Waals surface area contributed by atoms with E-state index < -0.39 is 5.97 Å². The number of unbranched alkanes of at least 4 members (excludes halogenated alkanes) is 17. The summed E-state index contributed by atoms with van der Waals surface area (Å²) in [6.45, 7) is 4.91. The topological polar surface area (TPSA) is 57.5 Å². The van der Waals surface area contributed by atoms with Crippen LogP contribution >= 0.6 is 0 Å². The number of rotatable bonds is 25. The Morgan fingerprint density at radius 2 is 0.806 bits per heavy atom. The van der Waals surface area contributed by atoms with Gasteiger partial charge in [-0.05, 0) is 25.2 Å². The van der Waals surface area contributed by atoms with Crippen molar-refractivity contribution in [2.24, 2.45) is 11.8 Å². The molecule has 1 atom stereocenters. The number of aliphatic carboxylic acids is 1. The zero-order chi connectivity index (χ0) is 23.0. The lowest BCUT2D eigenvalue weighted by atomic mass is 9.94. The van der Waals surface area contributed by atoms with E-state index in [-0.39, 0.29) is 5.92 Å². The van der Waals surface area contributed by atoms with Crippen LogP contribution in [-0.2, 0) is 4.79 Å². The summed E-state index contributed by atoms with van der Waals surface area (Å²) in [6, 6.07) is 0. The number of carbonyl (C=O) groups is 1. The molecule has 0 saturated carbocycles. The van der Waals surface area contributed by atoms with Gasteiger partial charge in [-0.15, -0.1) is 0 Å². The van der Waals surface area contributed by atoms with Gasteiger partial charge in [0.1, 0.15) is 0 Å². The van der Waals surface area contributed by atoms with Gasteiger partial charge < -0.3 is 10.2 Å². The second kappa shape index (κ2) is 24.1. The molecule has 2 N–H and O–H groups in total. The highest BCUT2D eigenvalue weighted by molar-refractivity contribution is 5.69. The summed E-state index contributed by atoms with van der Waals surface area (Å²) in [5.41, 5.74) is 0. The lowest BCUT2D eigenvalue weighted by Crippen LogP contribution is -2.13. The molecule has 3 heteroatoms. The van der Waals surface area contributed by atoms with E-state index in [0.29, 0.717) is 6.61 Å². The van der Waals surface area contributed by atoms with Crippen molar-refractivity contribution in [3.63, 3.8) is 0 Å². The van der Waals surface area contributed by atoms with Crippen molar-refractivity contribution in [3.05, 3.63) is 0 Å². The van der Waals surface area contributed by atoms with Gasteiger partial charge in [-0.2, -0.15) is 0 Å². The molecule has 0 radical (unpaired) electrons. The minimum absolute atomic E-state index is 0.112. The van der Waals surface area contributed by atoms with Crippen LogP contribution in [0.15, 0.2) is 0 Å². The molecule has 3 nitrogen and oxygen atoms in total. The van der Waals surface area contributed by atoms with Crippen LogP contribution in [0, 0.1) is 11.8 Å². The van der Waals surface area contributed by atoms with Crippen molar-refractivity contribution in [2.75, 3.05) is 6.61 Å². The zero-order valence-electron chi connectivity index (χ0n) is 21.2. The molecule has 0 aromatic carbocycles. The smallest absolute Gasteiger partial charge is 0.306 e. The van der Waals surface area contributed by atoms with Crippen LogP contribution in [0.4, 0.5) is 0 Å². The van der Waals surface area contributed by atoms with Crippen LogP contribution in [0.25, 0.3) is 0 Å². The Labute approximate surface area is 194 Å². The van der Waals surface area contributed by atoms with Crippen LogP contribution in [0.1, 0.15) is 155 Å². The molecule has 0 heterocycles. The first-order valence-corrected chi connectivity index (χ1v) is 13.9. The summed E-state index contributed by atoms with van der Waals surface area (Å²) in [7, 11) is 0. The Morgan fingerprint density at radius 3 is 1.10 bits per heavy atom. The maximum absolute atomic E-state index is 11.5. The van der Waals surface area contributed by atoms with E-state index in [1.54, 1.807) is 0 Å². The van der Waals surface area contributed by atoms with Gasteiger partial charge in [0, 0.05) is 6.61 Å². The number of carboxylic acid groups (broad SMARTS) is 1. The van der Waals surface area contributed by atoms with E-state index >= 15 is 0 Å². The van der Waals surface area contributed by atoms with E-state index in [0.717, 1.165) is 38.0 Å². The Balaban J connectivity index is 3.40. The van der Waals surface area contributed by atoms with Gasteiger partial charge in [-0.1, -0.05) is 136 Å². The van der Waals surface area contributed by atoms with Crippen molar-refractivity contribution >= 4 is 5.97 Å². The van der Waals surface area contributed by atoms with Crippen LogP contribution in [-0.4, -0.2) is 22.8 Å². The molecule has 0 amide bonds. The normalized spacial score (nSPS) is 12.5. The van der Waals surface area contributed by atoms with Crippen molar-refractivity contribution in [3.8, 4) is 0 Å². The van der Waals surface area contributed by atoms with Crippen LogP contribution in [0.5, 0.6) is 0 Å². The molecule has 0 rings (SSSR count). The summed E-state index contributed by atoms with van der Waals surface area (Å²) < 4.78 is 0. The molecule has 0 spiro atoms. The summed E-state index contributed by atoms with van der Waals surface area (Å²) in [5.74, 6) is 0.118. The highest BCUT2D eigenvalue weighted by atomic mass is 16.4. The van der Waals surface area contributed by atoms with Crippen LogP contribution in [0.3, 0.4) is 0 Å². The maximum Gasteiger partial charge on any atom is 0.306 e. The van der Waals surface area contributed by atoms with Gasteiger partial charge in [0.15, 0.2) is 0 Å². The quantitative estimate of drug-likeness (QED) is 0.139. The first-order valence-electron chi connectivity index (χ1n) is 13.9. The average Bonchev–Trinajstić information content (AvgIpc) is 2.73. The molecule has 0 aliphatic carbocycles. The van der Waals surface area contributed by atoms with E-state index in [2.05, 4.69) is 13.8 Å². The monoisotopic (exact) mass is 440 g/mol. The fourth-order valence-electron chi connectivity index (χ4n) is 4.49. The fraction of sp³-hybridized carbons (Fsp3) is 0.964. The van der Waals surface area contributed by atoms with Crippen molar-refractivity contribution in [2.45, 2.75) is 155 Å². The van der Waals surface area contributed by atoms with E-state index in [1.807, 2.05) is 0 Å². The minimum Gasteiger partial charge on any atom is -0.481 e. The van der Waals surface area contributed by atoms with Gasteiger partial charge >= 0.3 is 5.97 Å². The van der Waals surface area contributed by atoms with Gasteiger partial charge in [0.25, 0.3) is 0 Å². The Kier molecular flexibility index (Phi) is 23.6. The molecule has 1 unspecified atom stereocenters. The SMILES string of the molecule is CC(C)CCCCCCCC(CCCCCCCCCCCCCCCCO)C(=O)O. The summed E-state index contributed by atoms with van der Waals surface area (Å²) in [4.78, 5) is 11.5. The number of carboxylic acids is 1. The standard InChI is InChI=1S/C28H56O3/c1-26(2)22-18-14-13-16-20-24-27(28(30)31)23-19-15-11-9-7-5-3-4-6-8-10-12-17-21-25-29/h26-27,29H,3-25H2,1-2H3,(H,30,31). The van der Waals surface area contributed by atoms with Crippen LogP contribution < -0.4 is 0 Å². The predicted octanol–water partition coefficient (Wildman–Crippen LogP) is 8.92. The molecular formula is C28H56O3. The molecule has 0 aromatic rings.